The zero-order valence-electron chi connectivity index (χ0n) is 19.2. The van der Waals surface area contributed by atoms with Crippen LogP contribution in [-0.4, -0.2) is 59.2 Å². The number of aliphatic imine (C=N–C) groups is 1. The summed E-state index contributed by atoms with van der Waals surface area (Å²) in [5.74, 6) is 1.73. The Bertz CT molecular complexity index is 1030. The Kier molecular flexibility index (Phi) is 7.99. The van der Waals surface area contributed by atoms with Crippen molar-refractivity contribution in [2.75, 3.05) is 37.9 Å². The Morgan fingerprint density at radius 1 is 1.12 bits per heavy atom. The molecule has 11 heteroatoms. The van der Waals surface area contributed by atoms with Crippen LogP contribution in [0.4, 0.5) is 11.6 Å². The van der Waals surface area contributed by atoms with E-state index >= 15 is 0 Å². The van der Waals surface area contributed by atoms with Gasteiger partial charge in [0.2, 0.25) is 22.9 Å². The second-order valence-corrected chi connectivity index (χ2v) is 8.08. The highest BCUT2D eigenvalue weighted by atomic mass is 32.1. The van der Waals surface area contributed by atoms with E-state index in [4.69, 9.17) is 27.4 Å². The molecule has 1 fully saturated rings. The molecule has 1 aromatic carbocycles. The molecule has 1 aliphatic rings. The van der Waals surface area contributed by atoms with Crippen LogP contribution in [0.2, 0.25) is 0 Å². The molecule has 10 nitrogen and oxygen atoms in total. The number of nitrogens with two attached hydrogens (primary N) is 1. The molecule has 0 saturated carbocycles. The number of thiocarbonyl (C=S) groups is 1. The van der Waals surface area contributed by atoms with Gasteiger partial charge in [-0.25, -0.2) is 9.97 Å². The fraction of sp³-hybridized carbons (Fsp3) is 0.409. The third-order valence-electron chi connectivity index (χ3n) is 5.26. The van der Waals surface area contributed by atoms with Crippen molar-refractivity contribution in [3.05, 3.63) is 35.7 Å². The van der Waals surface area contributed by atoms with Crippen LogP contribution in [0.3, 0.4) is 0 Å². The van der Waals surface area contributed by atoms with Gasteiger partial charge in [-0.15, -0.1) is 0 Å². The number of likely N-dealkylation sites (tertiary alicyclic amines) is 1. The number of guanidine groups is 1. The molecule has 0 aliphatic carbocycles. The summed E-state index contributed by atoms with van der Waals surface area (Å²) < 4.78 is 10.7. The number of primary amides is 1. The number of amides is 1. The highest BCUT2D eigenvalue weighted by Gasteiger charge is 2.26. The van der Waals surface area contributed by atoms with Gasteiger partial charge in [-0.05, 0) is 57.1 Å². The van der Waals surface area contributed by atoms with E-state index in [2.05, 4.69) is 25.6 Å². The average Bonchev–Trinajstić information content (AvgIpc) is 2.78. The van der Waals surface area contributed by atoms with Gasteiger partial charge in [-0.2, -0.15) is 4.99 Å². The predicted octanol–water partition coefficient (Wildman–Crippen LogP) is 2.47. The molecule has 0 spiro atoms. The normalized spacial score (nSPS) is 14.5. The van der Waals surface area contributed by atoms with Gasteiger partial charge in [0.05, 0.1) is 19.9 Å². The van der Waals surface area contributed by atoms with Crippen LogP contribution in [0.15, 0.2) is 29.3 Å². The Morgan fingerprint density at radius 3 is 2.36 bits per heavy atom. The summed E-state index contributed by atoms with van der Waals surface area (Å²) in [6, 6.07) is 7.25. The van der Waals surface area contributed by atoms with E-state index in [-0.39, 0.29) is 16.9 Å². The average molecular weight is 472 g/mol. The first-order chi connectivity index (χ1) is 15.8. The maximum absolute atomic E-state index is 11.6. The minimum absolute atomic E-state index is 0.145. The second-order valence-electron chi connectivity index (χ2n) is 7.69. The Morgan fingerprint density at radius 2 is 1.79 bits per heavy atom. The predicted molar refractivity (Wildman–Crippen MR) is 132 cm³/mol. The maximum atomic E-state index is 11.6. The highest BCUT2D eigenvalue weighted by molar-refractivity contribution is 7.80. The van der Waals surface area contributed by atoms with Gasteiger partial charge in [0.15, 0.2) is 0 Å². The van der Waals surface area contributed by atoms with Crippen molar-refractivity contribution in [3.63, 3.8) is 0 Å². The van der Waals surface area contributed by atoms with Gasteiger partial charge in [-0.1, -0.05) is 0 Å². The monoisotopic (exact) mass is 471 g/mol. The Balaban J connectivity index is 1.84. The van der Waals surface area contributed by atoms with Crippen LogP contribution in [0.25, 0.3) is 0 Å². The number of aryl methyl sites for hydroxylation is 2. The fourth-order valence-corrected chi connectivity index (χ4v) is 3.77. The zero-order chi connectivity index (χ0) is 24.0. The summed E-state index contributed by atoms with van der Waals surface area (Å²) in [5, 5.41) is 6.52. The number of ether oxygens (including phenoxy) is 2. The van der Waals surface area contributed by atoms with Crippen LogP contribution in [-0.2, 0) is 4.79 Å². The number of hydrogen-bond acceptors (Lipinski definition) is 6. The van der Waals surface area contributed by atoms with Crippen LogP contribution in [0.1, 0.15) is 24.2 Å². The first-order valence-corrected chi connectivity index (χ1v) is 10.9. The van der Waals surface area contributed by atoms with E-state index in [0.717, 1.165) is 11.4 Å². The largest absolute Gasteiger partial charge is 0.497 e. The van der Waals surface area contributed by atoms with E-state index in [1.165, 1.54) is 0 Å². The summed E-state index contributed by atoms with van der Waals surface area (Å²) in [6.45, 7) is 4.99. The van der Waals surface area contributed by atoms with Gasteiger partial charge in [0.1, 0.15) is 11.5 Å². The van der Waals surface area contributed by atoms with Gasteiger partial charge >= 0.3 is 0 Å². The fourth-order valence-electron chi connectivity index (χ4n) is 3.58. The van der Waals surface area contributed by atoms with Gasteiger partial charge in [0, 0.05) is 36.5 Å². The number of nitrogens with one attached hydrogen (secondary N) is 2. The number of nitrogens with zero attached hydrogens (tertiary/aromatic N) is 4. The molecule has 33 heavy (non-hydrogen) atoms. The molecule has 1 aliphatic heterocycles. The summed E-state index contributed by atoms with van der Waals surface area (Å²) in [6.07, 6.45) is 1.27. The van der Waals surface area contributed by atoms with E-state index in [1.54, 1.807) is 32.4 Å². The lowest BCUT2D eigenvalue weighted by Crippen LogP contribution is -2.45. The molecule has 1 aromatic heterocycles. The molecule has 1 saturated heterocycles. The third kappa shape index (κ3) is 6.51. The summed E-state index contributed by atoms with van der Waals surface area (Å²) in [7, 11) is 3.16. The van der Waals surface area contributed by atoms with Crippen molar-refractivity contribution >= 4 is 40.8 Å². The molecule has 4 N–H and O–H groups in total. The van der Waals surface area contributed by atoms with E-state index < -0.39 is 0 Å². The van der Waals surface area contributed by atoms with Crippen LogP contribution < -0.4 is 25.8 Å². The van der Waals surface area contributed by atoms with Crippen molar-refractivity contribution in [1.82, 2.24) is 14.9 Å². The number of piperidine rings is 1. The van der Waals surface area contributed by atoms with Crippen LogP contribution in [0, 0.1) is 19.8 Å². The first kappa shape index (κ1) is 24.2. The third-order valence-corrected chi connectivity index (χ3v) is 5.45. The van der Waals surface area contributed by atoms with Crippen molar-refractivity contribution in [1.29, 1.82) is 0 Å². The van der Waals surface area contributed by atoms with E-state index in [1.807, 2.05) is 24.8 Å². The number of methoxy groups -OCH3 is 2. The lowest BCUT2D eigenvalue weighted by Gasteiger charge is -2.32. The minimum atomic E-state index is -0.275. The van der Waals surface area contributed by atoms with E-state index in [0.29, 0.717) is 55.0 Å². The smallest absolute Gasteiger partial charge is 0.229 e. The highest BCUT2D eigenvalue weighted by Crippen LogP contribution is 2.29. The molecular formula is C22H29N7O3S. The maximum Gasteiger partial charge on any atom is 0.229 e. The first-order valence-electron chi connectivity index (χ1n) is 10.5. The molecular weight excluding hydrogens is 442 g/mol. The topological polar surface area (TPSA) is 127 Å². The number of rotatable bonds is 5. The lowest BCUT2D eigenvalue weighted by atomic mass is 9.96. The summed E-state index contributed by atoms with van der Waals surface area (Å²) in [5.41, 5.74) is 7.81. The number of anilines is 2. The van der Waals surface area contributed by atoms with Crippen molar-refractivity contribution < 1.29 is 14.3 Å². The molecule has 2 heterocycles. The number of benzene rings is 1. The van der Waals surface area contributed by atoms with Gasteiger partial charge < -0.3 is 25.4 Å². The molecule has 0 radical (unpaired) electrons. The van der Waals surface area contributed by atoms with E-state index in [9.17, 15) is 4.79 Å². The number of carbonyl (C=O) groups excluding carboxylic acids is 1. The zero-order valence-corrected chi connectivity index (χ0v) is 20.0. The number of aromatic nitrogens is 2. The number of hydrogen-bond donors (Lipinski definition) is 3. The minimum Gasteiger partial charge on any atom is -0.497 e. The van der Waals surface area contributed by atoms with Crippen molar-refractivity contribution in [3.8, 4) is 11.5 Å². The standard InChI is InChI=1S/C22H29N7O3S/c1-13-11-14(2)25-20(24-13)27-21(29-9-7-15(8-10-29)19(23)30)28-22(33)26-17-6-5-16(31-3)12-18(17)32-4/h5-6,11-12,15H,7-10H2,1-4H3,(H2,23,30)(H2,24,25,26,27,28,33). The molecule has 0 atom stereocenters. The summed E-state index contributed by atoms with van der Waals surface area (Å²) in [4.78, 5) is 27.1. The molecule has 0 unspecified atom stereocenters. The van der Waals surface area contributed by atoms with Gasteiger partial charge in [0.25, 0.3) is 0 Å². The SMILES string of the molecule is COc1ccc(NC(=S)/N=C(/Nc2nc(C)cc(C)n2)N2CCC(C(N)=O)CC2)c(OC)c1. The van der Waals surface area contributed by atoms with Crippen molar-refractivity contribution in [2.45, 2.75) is 26.7 Å². The molecule has 1 amide bonds. The Hall–Kier alpha value is -3.47. The molecule has 3 rings (SSSR count). The number of carbonyl (C=O) groups is 1. The summed E-state index contributed by atoms with van der Waals surface area (Å²) >= 11 is 5.52. The van der Waals surface area contributed by atoms with Gasteiger partial charge in [-0.3, -0.25) is 10.1 Å². The Labute approximate surface area is 198 Å². The van der Waals surface area contributed by atoms with Crippen molar-refractivity contribution in [2.24, 2.45) is 16.6 Å². The second kappa shape index (κ2) is 10.9. The van der Waals surface area contributed by atoms with Crippen LogP contribution in [0.5, 0.6) is 11.5 Å². The van der Waals surface area contributed by atoms with Crippen LogP contribution >= 0.6 is 12.2 Å². The molecule has 0 bridgehead atoms. The molecule has 2 aromatic rings. The lowest BCUT2D eigenvalue weighted by molar-refractivity contribution is -0.122. The quantitative estimate of drug-likeness (QED) is 0.342. The molecule has 176 valence electrons.